The van der Waals surface area contributed by atoms with E-state index in [0.29, 0.717) is 6.42 Å². The molecule has 0 heterocycles. The minimum atomic E-state index is -0.472. The lowest BCUT2D eigenvalue weighted by atomic mass is 9.99. The van der Waals surface area contributed by atoms with Gasteiger partial charge in [0.1, 0.15) is 0 Å². The molecule has 0 bridgehead atoms. The fourth-order valence-corrected chi connectivity index (χ4v) is 2.08. The molecular weight excluding hydrogens is 236 g/mol. The molecule has 2 aromatic rings. The lowest BCUT2D eigenvalue weighted by Crippen LogP contribution is -2.10. The molecule has 1 N–H and O–H groups in total. The van der Waals surface area contributed by atoms with Crippen LogP contribution >= 0.6 is 0 Å². The third kappa shape index (κ3) is 3.66. The predicted octanol–water partition coefficient (Wildman–Crippen LogP) is 3.81. The van der Waals surface area contributed by atoms with Crippen LogP contribution in [-0.4, -0.2) is 18.3 Å². The Morgan fingerprint density at radius 2 is 1.53 bits per heavy atom. The molecule has 0 saturated carbocycles. The maximum absolute atomic E-state index is 10.1. The molecule has 0 fully saturated rings. The lowest BCUT2D eigenvalue weighted by molar-refractivity contribution is 0.0560. The van der Waals surface area contributed by atoms with Crippen molar-refractivity contribution in [3.8, 4) is 11.1 Å². The molecule has 19 heavy (non-hydrogen) atoms. The van der Waals surface area contributed by atoms with E-state index in [1.54, 1.807) is 7.11 Å². The van der Waals surface area contributed by atoms with Crippen LogP contribution in [0, 0.1) is 0 Å². The predicted molar refractivity (Wildman–Crippen MR) is 77.9 cm³/mol. The molecule has 0 aliphatic carbocycles. The first-order valence-corrected chi connectivity index (χ1v) is 6.57. The molecule has 2 rings (SSSR count). The molecule has 0 saturated heterocycles. The van der Waals surface area contributed by atoms with Gasteiger partial charge in [0.15, 0.2) is 0 Å². The molecule has 0 aliphatic rings. The third-order valence-electron chi connectivity index (χ3n) is 3.36. The summed E-state index contributed by atoms with van der Waals surface area (Å²) in [7, 11) is 1.66. The lowest BCUT2D eigenvalue weighted by Gasteiger charge is -2.15. The van der Waals surface area contributed by atoms with Gasteiger partial charge in [0, 0.05) is 13.5 Å². The quantitative estimate of drug-likeness (QED) is 0.881. The van der Waals surface area contributed by atoms with Crippen LogP contribution in [0.4, 0.5) is 0 Å². The number of benzene rings is 2. The molecule has 2 aromatic carbocycles. The Labute approximate surface area is 114 Å². The first-order valence-electron chi connectivity index (χ1n) is 6.57. The van der Waals surface area contributed by atoms with Crippen molar-refractivity contribution in [3.63, 3.8) is 0 Å². The summed E-state index contributed by atoms with van der Waals surface area (Å²) in [6, 6.07) is 18.3. The van der Waals surface area contributed by atoms with Crippen LogP contribution in [0.3, 0.4) is 0 Å². The van der Waals surface area contributed by atoms with Gasteiger partial charge >= 0.3 is 0 Å². The van der Waals surface area contributed by atoms with Crippen molar-refractivity contribution >= 4 is 0 Å². The number of aliphatic hydroxyl groups is 1. The van der Waals surface area contributed by atoms with Gasteiger partial charge in [0.2, 0.25) is 0 Å². The standard InChI is InChI=1S/C17H20O2/c1-13(19-2)12-17(18)16-10-8-15(9-11-16)14-6-4-3-5-7-14/h3-11,13,17-18H,12H2,1-2H3. The van der Waals surface area contributed by atoms with Crippen molar-refractivity contribution in [2.75, 3.05) is 7.11 Å². The highest BCUT2D eigenvalue weighted by molar-refractivity contribution is 5.63. The SMILES string of the molecule is COC(C)CC(O)c1ccc(-c2ccccc2)cc1. The van der Waals surface area contributed by atoms with Crippen LogP contribution in [0.25, 0.3) is 11.1 Å². The van der Waals surface area contributed by atoms with E-state index in [0.717, 1.165) is 11.1 Å². The second-order valence-corrected chi connectivity index (χ2v) is 4.79. The maximum Gasteiger partial charge on any atom is 0.0814 e. The van der Waals surface area contributed by atoms with Gasteiger partial charge in [-0.2, -0.15) is 0 Å². The highest BCUT2D eigenvalue weighted by Gasteiger charge is 2.11. The summed E-state index contributed by atoms with van der Waals surface area (Å²) in [5.74, 6) is 0. The molecule has 0 amide bonds. The monoisotopic (exact) mass is 256 g/mol. The van der Waals surface area contributed by atoms with Gasteiger partial charge in [0.25, 0.3) is 0 Å². The summed E-state index contributed by atoms with van der Waals surface area (Å²) < 4.78 is 5.18. The van der Waals surface area contributed by atoms with Gasteiger partial charge < -0.3 is 9.84 Å². The van der Waals surface area contributed by atoms with Gasteiger partial charge in [-0.25, -0.2) is 0 Å². The van der Waals surface area contributed by atoms with E-state index in [4.69, 9.17) is 4.74 Å². The largest absolute Gasteiger partial charge is 0.388 e. The summed E-state index contributed by atoms with van der Waals surface area (Å²) in [5, 5.41) is 10.1. The minimum Gasteiger partial charge on any atom is -0.388 e. The third-order valence-corrected chi connectivity index (χ3v) is 3.36. The molecule has 0 radical (unpaired) electrons. The first kappa shape index (κ1) is 13.8. The Morgan fingerprint density at radius 1 is 0.947 bits per heavy atom. The van der Waals surface area contributed by atoms with E-state index in [2.05, 4.69) is 12.1 Å². The van der Waals surface area contributed by atoms with E-state index in [-0.39, 0.29) is 6.10 Å². The van der Waals surface area contributed by atoms with E-state index in [9.17, 15) is 5.11 Å². The van der Waals surface area contributed by atoms with Crippen molar-refractivity contribution in [2.24, 2.45) is 0 Å². The van der Waals surface area contributed by atoms with Crippen LogP contribution in [0.2, 0.25) is 0 Å². The molecule has 2 atom stereocenters. The molecule has 100 valence electrons. The highest BCUT2D eigenvalue weighted by atomic mass is 16.5. The molecule has 0 spiro atoms. The first-order chi connectivity index (χ1) is 9.20. The molecule has 0 aromatic heterocycles. The Morgan fingerprint density at radius 3 is 2.11 bits per heavy atom. The Hall–Kier alpha value is -1.64. The summed E-state index contributed by atoms with van der Waals surface area (Å²) in [4.78, 5) is 0. The zero-order valence-corrected chi connectivity index (χ0v) is 11.4. The van der Waals surface area contributed by atoms with Crippen LogP contribution < -0.4 is 0 Å². The Kier molecular flexibility index (Phi) is 4.72. The second kappa shape index (κ2) is 6.50. The normalized spacial score (nSPS) is 14.1. The summed E-state index contributed by atoms with van der Waals surface area (Å²) in [6.07, 6.45) is 0.199. The summed E-state index contributed by atoms with van der Waals surface area (Å²) in [6.45, 7) is 1.96. The van der Waals surface area contributed by atoms with Crippen molar-refractivity contribution < 1.29 is 9.84 Å². The summed E-state index contributed by atoms with van der Waals surface area (Å²) in [5.41, 5.74) is 3.29. The molecule has 2 unspecified atom stereocenters. The van der Waals surface area contributed by atoms with Crippen LogP contribution in [0.1, 0.15) is 25.0 Å². The fourth-order valence-electron chi connectivity index (χ4n) is 2.08. The van der Waals surface area contributed by atoms with Crippen LogP contribution in [0.5, 0.6) is 0 Å². The second-order valence-electron chi connectivity index (χ2n) is 4.79. The van der Waals surface area contributed by atoms with Gasteiger partial charge in [-0.05, 0) is 23.6 Å². The smallest absolute Gasteiger partial charge is 0.0814 e. The maximum atomic E-state index is 10.1. The zero-order valence-electron chi connectivity index (χ0n) is 11.4. The van der Waals surface area contributed by atoms with Gasteiger partial charge in [0.05, 0.1) is 12.2 Å². The van der Waals surface area contributed by atoms with Crippen molar-refractivity contribution in [1.82, 2.24) is 0 Å². The fraction of sp³-hybridized carbons (Fsp3) is 0.294. The molecular formula is C17H20O2. The number of methoxy groups -OCH3 is 1. The average Bonchev–Trinajstić information content (AvgIpc) is 2.48. The Bertz CT molecular complexity index is 490. The van der Waals surface area contributed by atoms with Crippen molar-refractivity contribution in [2.45, 2.75) is 25.6 Å². The van der Waals surface area contributed by atoms with Crippen molar-refractivity contribution in [1.29, 1.82) is 0 Å². The topological polar surface area (TPSA) is 29.5 Å². The van der Waals surface area contributed by atoms with Crippen molar-refractivity contribution in [3.05, 3.63) is 60.2 Å². The van der Waals surface area contributed by atoms with E-state index >= 15 is 0 Å². The number of ether oxygens (including phenoxy) is 1. The Balaban J connectivity index is 2.10. The number of hydrogen-bond donors (Lipinski definition) is 1. The average molecular weight is 256 g/mol. The minimum absolute atomic E-state index is 0.0591. The van der Waals surface area contributed by atoms with E-state index in [1.165, 1.54) is 5.56 Å². The van der Waals surface area contributed by atoms with Gasteiger partial charge in [-0.3, -0.25) is 0 Å². The van der Waals surface area contributed by atoms with E-state index in [1.807, 2.05) is 49.4 Å². The van der Waals surface area contributed by atoms with Gasteiger partial charge in [-0.1, -0.05) is 54.6 Å². The van der Waals surface area contributed by atoms with E-state index < -0.39 is 6.10 Å². The van der Waals surface area contributed by atoms with Crippen LogP contribution in [-0.2, 0) is 4.74 Å². The molecule has 2 nitrogen and oxygen atoms in total. The number of hydrogen-bond acceptors (Lipinski definition) is 2. The number of aliphatic hydroxyl groups excluding tert-OH is 1. The summed E-state index contributed by atoms with van der Waals surface area (Å²) >= 11 is 0. The number of rotatable bonds is 5. The van der Waals surface area contributed by atoms with Gasteiger partial charge in [-0.15, -0.1) is 0 Å². The highest BCUT2D eigenvalue weighted by Crippen LogP contribution is 2.24. The van der Waals surface area contributed by atoms with Crippen LogP contribution in [0.15, 0.2) is 54.6 Å². The zero-order chi connectivity index (χ0) is 13.7. The molecule has 2 heteroatoms. The molecule has 0 aliphatic heterocycles.